The number of nitrogens with zero attached hydrogens (tertiary/aromatic N) is 4. The number of halogens is 1. The SMILES string of the molecule is Cc1cnc2nc(-c3cc(NC(=O)c4cnccn4)ccc3Cl)[nH]c2c1. The van der Waals surface area contributed by atoms with Crippen molar-refractivity contribution in [2.75, 3.05) is 5.32 Å². The Balaban J connectivity index is 1.68. The highest BCUT2D eigenvalue weighted by Crippen LogP contribution is 2.30. The summed E-state index contributed by atoms with van der Waals surface area (Å²) in [4.78, 5) is 32.1. The number of rotatable bonds is 3. The van der Waals surface area contributed by atoms with Crippen molar-refractivity contribution < 1.29 is 4.79 Å². The van der Waals surface area contributed by atoms with Crippen molar-refractivity contribution >= 4 is 34.4 Å². The third-order valence-electron chi connectivity index (χ3n) is 3.75. The molecule has 0 spiro atoms. The minimum Gasteiger partial charge on any atom is -0.337 e. The van der Waals surface area contributed by atoms with Crippen LogP contribution in [-0.4, -0.2) is 30.8 Å². The lowest BCUT2D eigenvalue weighted by molar-refractivity contribution is 0.102. The maximum atomic E-state index is 12.2. The molecule has 0 fully saturated rings. The maximum Gasteiger partial charge on any atom is 0.275 e. The minimum absolute atomic E-state index is 0.229. The molecular weight excluding hydrogens is 352 g/mol. The van der Waals surface area contributed by atoms with Crippen LogP contribution in [-0.2, 0) is 0 Å². The standard InChI is InChI=1S/C18H13ClN6O/c1-10-6-14-17(22-8-10)25-16(24-14)12-7-11(2-3-13(12)19)23-18(26)15-9-20-4-5-21-15/h2-9H,1H3,(H,23,26)(H,22,24,25). The van der Waals surface area contributed by atoms with E-state index < -0.39 is 0 Å². The summed E-state index contributed by atoms with van der Waals surface area (Å²) in [6.45, 7) is 1.96. The maximum absolute atomic E-state index is 12.2. The van der Waals surface area contributed by atoms with Gasteiger partial charge in [0.2, 0.25) is 0 Å². The first-order valence-electron chi connectivity index (χ1n) is 7.80. The van der Waals surface area contributed by atoms with Gasteiger partial charge >= 0.3 is 0 Å². The zero-order chi connectivity index (χ0) is 18.1. The van der Waals surface area contributed by atoms with E-state index in [2.05, 4.69) is 30.2 Å². The van der Waals surface area contributed by atoms with Gasteiger partial charge in [-0.1, -0.05) is 11.6 Å². The number of carbonyl (C=O) groups excluding carboxylic acids is 1. The number of anilines is 1. The van der Waals surface area contributed by atoms with E-state index in [1.54, 1.807) is 24.4 Å². The summed E-state index contributed by atoms with van der Waals surface area (Å²) >= 11 is 6.33. The number of benzene rings is 1. The van der Waals surface area contributed by atoms with E-state index in [0.29, 0.717) is 27.7 Å². The molecule has 26 heavy (non-hydrogen) atoms. The van der Waals surface area contributed by atoms with Gasteiger partial charge in [-0.15, -0.1) is 0 Å². The molecule has 0 aliphatic heterocycles. The lowest BCUT2D eigenvalue weighted by Crippen LogP contribution is -2.13. The Morgan fingerprint density at radius 3 is 2.85 bits per heavy atom. The van der Waals surface area contributed by atoms with Crippen LogP contribution in [0, 0.1) is 6.92 Å². The van der Waals surface area contributed by atoms with Crippen molar-refractivity contribution in [2.45, 2.75) is 6.92 Å². The predicted molar refractivity (Wildman–Crippen MR) is 99.1 cm³/mol. The molecule has 7 nitrogen and oxygen atoms in total. The minimum atomic E-state index is -0.353. The number of aromatic nitrogens is 5. The lowest BCUT2D eigenvalue weighted by atomic mass is 10.2. The highest BCUT2D eigenvalue weighted by Gasteiger charge is 2.13. The Bertz CT molecular complexity index is 1110. The van der Waals surface area contributed by atoms with E-state index in [4.69, 9.17) is 11.6 Å². The van der Waals surface area contributed by atoms with E-state index >= 15 is 0 Å². The van der Waals surface area contributed by atoms with Gasteiger partial charge in [0, 0.05) is 29.8 Å². The predicted octanol–water partition coefficient (Wildman–Crippen LogP) is 3.63. The smallest absolute Gasteiger partial charge is 0.275 e. The lowest BCUT2D eigenvalue weighted by Gasteiger charge is -2.07. The largest absolute Gasteiger partial charge is 0.337 e. The molecule has 4 aromatic rings. The Kier molecular flexibility index (Phi) is 4.06. The number of fused-ring (bicyclic) bond motifs is 1. The van der Waals surface area contributed by atoms with Crippen molar-refractivity contribution in [3.63, 3.8) is 0 Å². The molecule has 1 amide bonds. The molecule has 2 N–H and O–H groups in total. The zero-order valence-electron chi connectivity index (χ0n) is 13.7. The van der Waals surface area contributed by atoms with Crippen LogP contribution in [0.2, 0.25) is 5.02 Å². The number of aryl methyl sites for hydroxylation is 1. The average molecular weight is 365 g/mol. The molecule has 0 atom stereocenters. The number of hydrogen-bond acceptors (Lipinski definition) is 5. The van der Waals surface area contributed by atoms with Crippen molar-refractivity contribution in [3.05, 3.63) is 65.3 Å². The number of nitrogens with one attached hydrogen (secondary N) is 2. The van der Waals surface area contributed by atoms with E-state index in [0.717, 1.165) is 11.1 Å². The molecule has 4 rings (SSSR count). The summed E-state index contributed by atoms with van der Waals surface area (Å²) in [5.74, 6) is 0.229. The summed E-state index contributed by atoms with van der Waals surface area (Å²) in [7, 11) is 0. The molecule has 0 radical (unpaired) electrons. The Morgan fingerprint density at radius 2 is 2.04 bits per heavy atom. The van der Waals surface area contributed by atoms with Gasteiger partial charge < -0.3 is 10.3 Å². The van der Waals surface area contributed by atoms with Gasteiger partial charge in [0.25, 0.3) is 5.91 Å². The number of amides is 1. The van der Waals surface area contributed by atoms with E-state index in [-0.39, 0.29) is 11.6 Å². The average Bonchev–Trinajstić information content (AvgIpc) is 3.07. The molecule has 0 bridgehead atoms. The molecule has 1 aromatic carbocycles. The first kappa shape index (κ1) is 16.2. The monoisotopic (exact) mass is 364 g/mol. The third-order valence-corrected chi connectivity index (χ3v) is 4.08. The number of hydrogen-bond donors (Lipinski definition) is 2. The van der Waals surface area contributed by atoms with Crippen LogP contribution in [0.5, 0.6) is 0 Å². The van der Waals surface area contributed by atoms with Crippen molar-refractivity contribution in [2.24, 2.45) is 0 Å². The number of aromatic amines is 1. The molecular formula is C18H13ClN6O. The second-order valence-corrected chi connectivity index (χ2v) is 6.12. The summed E-state index contributed by atoms with van der Waals surface area (Å²) < 4.78 is 0. The molecule has 0 aliphatic rings. The van der Waals surface area contributed by atoms with Crippen molar-refractivity contribution in [1.29, 1.82) is 0 Å². The van der Waals surface area contributed by atoms with Crippen LogP contribution >= 0.6 is 11.6 Å². The number of carbonyl (C=O) groups is 1. The highest BCUT2D eigenvalue weighted by atomic mass is 35.5. The van der Waals surface area contributed by atoms with Gasteiger partial charge in [0.1, 0.15) is 11.5 Å². The number of pyridine rings is 1. The van der Waals surface area contributed by atoms with E-state index in [9.17, 15) is 4.79 Å². The Labute approximate surface area is 153 Å². The van der Waals surface area contributed by atoms with Gasteiger partial charge in [-0.2, -0.15) is 0 Å². The van der Waals surface area contributed by atoms with Crippen molar-refractivity contribution in [1.82, 2.24) is 24.9 Å². The number of H-pyrrole nitrogens is 1. The Morgan fingerprint density at radius 1 is 1.15 bits per heavy atom. The fourth-order valence-electron chi connectivity index (χ4n) is 2.53. The Hall–Kier alpha value is -3.32. The first-order chi connectivity index (χ1) is 12.6. The summed E-state index contributed by atoms with van der Waals surface area (Å²) in [6.07, 6.45) is 6.13. The second kappa shape index (κ2) is 6.53. The fraction of sp³-hybridized carbons (Fsp3) is 0.0556. The third kappa shape index (κ3) is 3.12. The fourth-order valence-corrected chi connectivity index (χ4v) is 2.74. The second-order valence-electron chi connectivity index (χ2n) is 5.71. The molecule has 0 unspecified atom stereocenters. The van der Waals surface area contributed by atoms with E-state index in [1.807, 2.05) is 13.0 Å². The molecule has 3 aromatic heterocycles. The molecule has 0 aliphatic carbocycles. The van der Waals surface area contributed by atoms with Crippen molar-refractivity contribution in [3.8, 4) is 11.4 Å². The zero-order valence-corrected chi connectivity index (χ0v) is 14.4. The van der Waals surface area contributed by atoms with Crippen LogP contribution in [0.15, 0.2) is 49.1 Å². The van der Waals surface area contributed by atoms with Gasteiger partial charge in [0.15, 0.2) is 5.65 Å². The highest BCUT2D eigenvalue weighted by molar-refractivity contribution is 6.33. The molecule has 0 saturated heterocycles. The number of imidazole rings is 1. The summed E-state index contributed by atoms with van der Waals surface area (Å²) in [5.41, 5.74) is 3.93. The van der Waals surface area contributed by atoms with Gasteiger partial charge in [-0.3, -0.25) is 9.78 Å². The van der Waals surface area contributed by atoms with Gasteiger partial charge in [-0.05, 0) is 36.8 Å². The summed E-state index contributed by atoms with van der Waals surface area (Å²) in [5, 5.41) is 3.29. The molecule has 3 heterocycles. The van der Waals surface area contributed by atoms with E-state index in [1.165, 1.54) is 18.6 Å². The first-order valence-corrected chi connectivity index (χ1v) is 8.17. The molecule has 0 saturated carbocycles. The molecule has 128 valence electrons. The van der Waals surface area contributed by atoms with Gasteiger partial charge in [-0.25, -0.2) is 15.0 Å². The topological polar surface area (TPSA) is 96.5 Å². The van der Waals surface area contributed by atoms with Crippen LogP contribution in [0.3, 0.4) is 0 Å². The van der Waals surface area contributed by atoms with Gasteiger partial charge in [0.05, 0.1) is 16.7 Å². The summed E-state index contributed by atoms with van der Waals surface area (Å²) in [6, 6.07) is 7.13. The van der Waals surface area contributed by atoms with Crippen LogP contribution in [0.25, 0.3) is 22.6 Å². The normalized spacial score (nSPS) is 10.8. The quantitative estimate of drug-likeness (QED) is 0.578. The van der Waals surface area contributed by atoms with Crippen LogP contribution in [0.4, 0.5) is 5.69 Å². The van der Waals surface area contributed by atoms with Crippen LogP contribution in [0.1, 0.15) is 16.1 Å². The molecule has 8 heteroatoms. The van der Waals surface area contributed by atoms with Crippen LogP contribution < -0.4 is 5.32 Å².